The van der Waals surface area contributed by atoms with Crippen LogP contribution in [0.5, 0.6) is 5.75 Å². The summed E-state index contributed by atoms with van der Waals surface area (Å²) in [4.78, 5) is 27.6. The van der Waals surface area contributed by atoms with E-state index in [1.807, 2.05) is 63.4 Å². The van der Waals surface area contributed by atoms with E-state index in [9.17, 15) is 9.59 Å². The van der Waals surface area contributed by atoms with E-state index in [2.05, 4.69) is 10.3 Å². The molecule has 0 unspecified atom stereocenters. The summed E-state index contributed by atoms with van der Waals surface area (Å²) in [5.41, 5.74) is 2.52. The summed E-state index contributed by atoms with van der Waals surface area (Å²) >= 11 is 7.89. The first-order chi connectivity index (χ1) is 15.6. The van der Waals surface area contributed by atoms with E-state index in [-0.39, 0.29) is 11.6 Å². The highest BCUT2D eigenvalue weighted by Crippen LogP contribution is 2.43. The summed E-state index contributed by atoms with van der Waals surface area (Å²) in [5, 5.41) is 6.84. The van der Waals surface area contributed by atoms with Crippen molar-refractivity contribution in [1.29, 1.82) is 0 Å². The lowest BCUT2D eigenvalue weighted by molar-refractivity contribution is 0.0508. The topological polar surface area (TPSA) is 80.4 Å². The quantitative estimate of drug-likeness (QED) is 0.339. The average molecular weight is 485 g/mol. The Bertz CT molecular complexity index is 1400. The van der Waals surface area contributed by atoms with Gasteiger partial charge in [0.1, 0.15) is 16.1 Å². The van der Waals surface area contributed by atoms with E-state index in [0.29, 0.717) is 21.0 Å². The monoisotopic (exact) mass is 484 g/mol. The number of hydrogen-bond donors (Lipinski definition) is 2. The van der Waals surface area contributed by atoms with E-state index in [0.717, 1.165) is 27.5 Å². The van der Waals surface area contributed by atoms with Crippen LogP contribution in [-0.4, -0.2) is 23.8 Å². The van der Waals surface area contributed by atoms with Crippen molar-refractivity contribution in [2.24, 2.45) is 0 Å². The van der Waals surface area contributed by atoms with Crippen molar-refractivity contribution < 1.29 is 14.3 Å². The second-order valence-corrected chi connectivity index (χ2v) is 10.1. The van der Waals surface area contributed by atoms with Crippen LogP contribution in [0.2, 0.25) is 5.02 Å². The molecular weight excluding hydrogens is 460 g/mol. The minimum atomic E-state index is -0.562. The summed E-state index contributed by atoms with van der Waals surface area (Å²) in [6.45, 7) is 7.38. The molecule has 0 spiro atoms. The van der Waals surface area contributed by atoms with Crippen molar-refractivity contribution in [1.82, 2.24) is 10.3 Å². The Hall–Kier alpha value is -3.03. The van der Waals surface area contributed by atoms with Crippen LogP contribution in [0.15, 0.2) is 46.6 Å². The minimum Gasteiger partial charge on any atom is -0.496 e. The van der Waals surface area contributed by atoms with E-state index < -0.39 is 11.7 Å². The average Bonchev–Trinajstić information content (AvgIpc) is 3.23. The molecule has 2 aromatic carbocycles. The Morgan fingerprint density at radius 2 is 1.88 bits per heavy atom. The van der Waals surface area contributed by atoms with Crippen LogP contribution in [0.1, 0.15) is 39.3 Å². The van der Waals surface area contributed by atoms with E-state index in [1.165, 1.54) is 11.3 Å². The molecule has 0 saturated heterocycles. The zero-order valence-corrected chi connectivity index (χ0v) is 20.6. The Labute approximate surface area is 200 Å². The molecule has 0 aliphatic carbocycles. The van der Waals surface area contributed by atoms with Crippen molar-refractivity contribution in [3.63, 3.8) is 0 Å². The van der Waals surface area contributed by atoms with Crippen LogP contribution in [-0.2, 0) is 4.74 Å². The van der Waals surface area contributed by atoms with Crippen LogP contribution in [0, 0.1) is 0 Å². The smallest absolute Gasteiger partial charge is 0.408 e. The molecule has 0 aliphatic heterocycles. The molecule has 0 saturated carbocycles. The molecule has 4 aromatic rings. The second-order valence-electron chi connectivity index (χ2n) is 8.79. The SMILES string of the molecule is COc1cc(Cl)c2[nH]c(=O)c3sccc3c2c1-c1ccc([C@@H](C)NC(=O)OC(C)(C)C)cc1. The maximum atomic E-state index is 12.5. The number of benzene rings is 2. The maximum absolute atomic E-state index is 12.5. The molecule has 2 heterocycles. The Kier molecular flexibility index (Phi) is 6.12. The summed E-state index contributed by atoms with van der Waals surface area (Å²) in [7, 11) is 1.60. The van der Waals surface area contributed by atoms with Gasteiger partial charge in [-0.2, -0.15) is 0 Å². The van der Waals surface area contributed by atoms with Crippen LogP contribution in [0.4, 0.5) is 4.79 Å². The standard InChI is InChI=1S/C25H25ClN2O4S/c1-13(27-24(30)32-25(2,3)4)14-6-8-15(9-7-14)19-18(31-5)12-17(26)21-20(19)16-10-11-33-22(16)23(29)28-21/h6-13H,1-5H3,(H,27,30)(H,28,29)/t13-/m1/s1. The highest BCUT2D eigenvalue weighted by Gasteiger charge is 2.21. The summed E-state index contributed by atoms with van der Waals surface area (Å²) in [6.07, 6.45) is -0.465. The molecule has 2 N–H and O–H groups in total. The molecule has 1 amide bonds. The summed E-state index contributed by atoms with van der Waals surface area (Å²) in [6, 6.07) is 11.2. The maximum Gasteiger partial charge on any atom is 0.408 e. The van der Waals surface area contributed by atoms with Crippen molar-refractivity contribution in [3.8, 4) is 16.9 Å². The van der Waals surface area contributed by atoms with Gasteiger partial charge in [-0.3, -0.25) is 4.79 Å². The van der Waals surface area contributed by atoms with Gasteiger partial charge < -0.3 is 19.8 Å². The van der Waals surface area contributed by atoms with E-state index >= 15 is 0 Å². The number of amides is 1. The zero-order chi connectivity index (χ0) is 23.9. The molecule has 2 aromatic heterocycles. The number of pyridine rings is 1. The number of thiophene rings is 1. The van der Waals surface area contributed by atoms with E-state index in [1.54, 1.807) is 13.2 Å². The fourth-order valence-electron chi connectivity index (χ4n) is 3.82. The van der Waals surface area contributed by atoms with Gasteiger partial charge in [-0.1, -0.05) is 35.9 Å². The molecule has 0 radical (unpaired) electrons. The summed E-state index contributed by atoms with van der Waals surface area (Å²) < 4.78 is 11.7. The molecule has 172 valence electrons. The zero-order valence-electron chi connectivity index (χ0n) is 19.0. The number of hydrogen-bond acceptors (Lipinski definition) is 5. The first-order valence-electron chi connectivity index (χ1n) is 10.5. The van der Waals surface area contributed by atoms with E-state index in [4.69, 9.17) is 21.1 Å². The lowest BCUT2D eigenvalue weighted by Gasteiger charge is -2.22. The molecule has 1 atom stereocenters. The number of ether oxygens (including phenoxy) is 2. The number of carbonyl (C=O) groups excluding carboxylic acids is 1. The number of aromatic nitrogens is 1. The largest absolute Gasteiger partial charge is 0.496 e. The van der Waals surface area contributed by atoms with Crippen molar-refractivity contribution >= 4 is 50.0 Å². The number of carbonyl (C=O) groups is 1. The van der Waals surface area contributed by atoms with Gasteiger partial charge in [0.05, 0.1) is 23.7 Å². The Morgan fingerprint density at radius 1 is 1.18 bits per heavy atom. The number of nitrogens with one attached hydrogen (secondary N) is 2. The highest BCUT2D eigenvalue weighted by molar-refractivity contribution is 7.17. The fraction of sp³-hybridized carbons (Fsp3) is 0.280. The molecule has 4 rings (SSSR count). The van der Waals surface area contributed by atoms with Crippen LogP contribution in [0.25, 0.3) is 32.1 Å². The third-order valence-corrected chi connectivity index (χ3v) is 6.49. The van der Waals surface area contributed by atoms with Gasteiger partial charge in [0.15, 0.2) is 0 Å². The van der Waals surface area contributed by atoms with Crippen molar-refractivity contribution in [3.05, 3.63) is 62.7 Å². The number of H-pyrrole nitrogens is 1. The van der Waals surface area contributed by atoms with Gasteiger partial charge >= 0.3 is 6.09 Å². The van der Waals surface area contributed by atoms with Crippen LogP contribution >= 0.6 is 22.9 Å². The number of fused-ring (bicyclic) bond motifs is 3. The van der Waals surface area contributed by atoms with Gasteiger partial charge in [-0.25, -0.2) is 4.79 Å². The highest BCUT2D eigenvalue weighted by atomic mass is 35.5. The molecule has 6 nitrogen and oxygen atoms in total. The van der Waals surface area contributed by atoms with Gasteiger partial charge in [0.2, 0.25) is 0 Å². The fourth-order valence-corrected chi connectivity index (χ4v) is 4.86. The number of aromatic amines is 1. The predicted octanol–water partition coefficient (Wildman–Crippen LogP) is 6.66. The number of rotatable bonds is 4. The first-order valence-corrected chi connectivity index (χ1v) is 11.7. The van der Waals surface area contributed by atoms with Gasteiger partial charge in [0.25, 0.3) is 5.56 Å². The number of alkyl carbamates (subject to hydrolysis) is 1. The second kappa shape index (κ2) is 8.72. The molecule has 33 heavy (non-hydrogen) atoms. The Balaban J connectivity index is 1.78. The van der Waals surface area contributed by atoms with Gasteiger partial charge in [0, 0.05) is 22.4 Å². The van der Waals surface area contributed by atoms with Crippen molar-refractivity contribution in [2.75, 3.05) is 7.11 Å². The molecule has 0 fully saturated rings. The number of methoxy groups -OCH3 is 1. The van der Waals surface area contributed by atoms with Gasteiger partial charge in [-0.05, 0) is 50.3 Å². The van der Waals surface area contributed by atoms with Gasteiger partial charge in [-0.15, -0.1) is 11.3 Å². The third kappa shape index (κ3) is 4.56. The third-order valence-electron chi connectivity index (χ3n) is 5.27. The molecular formula is C25H25ClN2O4S. The number of halogens is 1. The van der Waals surface area contributed by atoms with Crippen LogP contribution < -0.4 is 15.6 Å². The van der Waals surface area contributed by atoms with Crippen molar-refractivity contribution in [2.45, 2.75) is 39.3 Å². The summed E-state index contributed by atoms with van der Waals surface area (Å²) in [5.74, 6) is 0.611. The minimum absolute atomic E-state index is 0.164. The molecule has 0 aliphatic rings. The first kappa shape index (κ1) is 23.1. The molecule has 0 bridgehead atoms. The predicted molar refractivity (Wildman–Crippen MR) is 135 cm³/mol. The molecule has 8 heteroatoms. The lowest BCUT2D eigenvalue weighted by Crippen LogP contribution is -2.34. The van der Waals surface area contributed by atoms with Crippen LogP contribution in [0.3, 0.4) is 0 Å². The Morgan fingerprint density at radius 3 is 2.52 bits per heavy atom. The lowest BCUT2D eigenvalue weighted by atomic mass is 9.95. The normalized spacial score (nSPS) is 12.7.